The van der Waals surface area contributed by atoms with Gasteiger partial charge in [-0.05, 0) is 12.3 Å². The summed E-state index contributed by atoms with van der Waals surface area (Å²) in [6.45, 7) is 6.24. The molecule has 1 unspecified atom stereocenters. The zero-order chi connectivity index (χ0) is 11.0. The SMILES string of the molecule is CCCC(C=O)NC(=O)OCC(C)C. The second kappa shape index (κ2) is 7.35. The summed E-state index contributed by atoms with van der Waals surface area (Å²) in [4.78, 5) is 21.6. The Bertz CT molecular complexity index is 180. The van der Waals surface area contributed by atoms with Gasteiger partial charge in [0.25, 0.3) is 0 Å². The lowest BCUT2D eigenvalue weighted by atomic mass is 10.2. The Morgan fingerprint density at radius 3 is 2.57 bits per heavy atom. The third kappa shape index (κ3) is 6.46. The van der Waals surface area contributed by atoms with Crippen molar-refractivity contribution in [1.82, 2.24) is 5.32 Å². The van der Waals surface area contributed by atoms with Gasteiger partial charge in [-0.2, -0.15) is 0 Å². The molecule has 0 heterocycles. The fourth-order valence-electron chi connectivity index (χ4n) is 0.921. The van der Waals surface area contributed by atoms with E-state index in [1.807, 2.05) is 20.8 Å². The van der Waals surface area contributed by atoms with Crippen molar-refractivity contribution in [2.45, 2.75) is 39.7 Å². The minimum atomic E-state index is -0.510. The molecule has 0 saturated carbocycles. The van der Waals surface area contributed by atoms with Crippen LogP contribution in [0.15, 0.2) is 0 Å². The normalized spacial score (nSPS) is 12.3. The Hall–Kier alpha value is -1.06. The van der Waals surface area contributed by atoms with Gasteiger partial charge in [-0.3, -0.25) is 0 Å². The van der Waals surface area contributed by atoms with Crippen LogP contribution in [0.1, 0.15) is 33.6 Å². The lowest BCUT2D eigenvalue weighted by molar-refractivity contribution is -0.109. The first-order valence-electron chi connectivity index (χ1n) is 4.98. The first-order valence-corrected chi connectivity index (χ1v) is 4.98. The second-order valence-electron chi connectivity index (χ2n) is 3.67. The average molecular weight is 201 g/mol. The maximum absolute atomic E-state index is 11.1. The van der Waals surface area contributed by atoms with Crippen LogP contribution >= 0.6 is 0 Å². The molecule has 4 heteroatoms. The molecule has 1 amide bonds. The summed E-state index contributed by atoms with van der Waals surface area (Å²) < 4.78 is 4.87. The summed E-state index contributed by atoms with van der Waals surface area (Å²) in [6, 6.07) is -0.417. The van der Waals surface area contributed by atoms with Crippen LogP contribution in [0.25, 0.3) is 0 Å². The van der Waals surface area contributed by atoms with Gasteiger partial charge in [0.15, 0.2) is 0 Å². The third-order valence-electron chi connectivity index (χ3n) is 1.61. The molecule has 0 saturated heterocycles. The molecule has 82 valence electrons. The fraction of sp³-hybridized carbons (Fsp3) is 0.800. The van der Waals surface area contributed by atoms with Gasteiger partial charge in [0, 0.05) is 0 Å². The van der Waals surface area contributed by atoms with Crippen molar-refractivity contribution in [3.05, 3.63) is 0 Å². The van der Waals surface area contributed by atoms with Crippen molar-refractivity contribution in [3.63, 3.8) is 0 Å². The van der Waals surface area contributed by atoms with Gasteiger partial charge in [-0.1, -0.05) is 27.2 Å². The van der Waals surface area contributed by atoms with E-state index in [1.54, 1.807) is 0 Å². The highest BCUT2D eigenvalue weighted by Gasteiger charge is 2.11. The van der Waals surface area contributed by atoms with E-state index in [4.69, 9.17) is 4.74 Å². The molecule has 1 atom stereocenters. The summed E-state index contributed by atoms with van der Waals surface area (Å²) in [7, 11) is 0. The quantitative estimate of drug-likeness (QED) is 0.666. The van der Waals surface area contributed by atoms with Crippen LogP contribution in [0, 0.1) is 5.92 Å². The van der Waals surface area contributed by atoms with Gasteiger partial charge in [-0.25, -0.2) is 4.79 Å². The van der Waals surface area contributed by atoms with Crippen LogP contribution in [-0.2, 0) is 9.53 Å². The molecule has 4 nitrogen and oxygen atoms in total. The number of nitrogens with one attached hydrogen (secondary N) is 1. The standard InChI is InChI=1S/C10H19NO3/c1-4-5-9(6-12)11-10(13)14-7-8(2)3/h6,8-9H,4-5,7H2,1-3H3,(H,11,13). The number of alkyl carbamates (subject to hydrolysis) is 1. The zero-order valence-corrected chi connectivity index (χ0v) is 9.08. The average Bonchev–Trinajstić information content (AvgIpc) is 2.14. The summed E-state index contributed by atoms with van der Waals surface area (Å²) in [5.74, 6) is 0.307. The molecule has 14 heavy (non-hydrogen) atoms. The summed E-state index contributed by atoms with van der Waals surface area (Å²) in [6.07, 6.45) is 1.73. The van der Waals surface area contributed by atoms with E-state index in [1.165, 1.54) is 0 Å². The van der Waals surface area contributed by atoms with Crippen LogP contribution < -0.4 is 5.32 Å². The predicted molar refractivity (Wildman–Crippen MR) is 54.1 cm³/mol. The van der Waals surface area contributed by atoms with Crippen LogP contribution in [0.4, 0.5) is 4.79 Å². The van der Waals surface area contributed by atoms with E-state index in [-0.39, 0.29) is 0 Å². The number of aldehydes is 1. The van der Waals surface area contributed by atoms with Gasteiger partial charge in [0.2, 0.25) is 0 Å². The summed E-state index contributed by atoms with van der Waals surface area (Å²) in [5.41, 5.74) is 0. The maximum atomic E-state index is 11.1. The molecule has 0 aromatic rings. The molecule has 0 aliphatic carbocycles. The molecule has 0 spiro atoms. The molecule has 0 aromatic carbocycles. The second-order valence-corrected chi connectivity index (χ2v) is 3.67. The summed E-state index contributed by atoms with van der Waals surface area (Å²) in [5, 5.41) is 2.49. The van der Waals surface area contributed by atoms with E-state index in [9.17, 15) is 9.59 Å². The number of hydrogen-bond acceptors (Lipinski definition) is 3. The number of rotatable bonds is 6. The van der Waals surface area contributed by atoms with Crippen LogP contribution in [0.5, 0.6) is 0 Å². The zero-order valence-electron chi connectivity index (χ0n) is 9.08. The number of ether oxygens (including phenoxy) is 1. The highest BCUT2D eigenvalue weighted by atomic mass is 16.5. The van der Waals surface area contributed by atoms with Gasteiger partial charge in [0.1, 0.15) is 6.29 Å². The molecule has 1 N–H and O–H groups in total. The molecule has 0 fully saturated rings. The molecule has 0 aliphatic heterocycles. The molecule has 0 radical (unpaired) electrons. The highest BCUT2D eigenvalue weighted by Crippen LogP contribution is 1.96. The van der Waals surface area contributed by atoms with Gasteiger partial charge < -0.3 is 14.8 Å². The van der Waals surface area contributed by atoms with E-state index in [2.05, 4.69) is 5.32 Å². The monoisotopic (exact) mass is 201 g/mol. The Morgan fingerprint density at radius 2 is 2.14 bits per heavy atom. The topological polar surface area (TPSA) is 55.4 Å². The number of carbonyl (C=O) groups is 2. The van der Waals surface area contributed by atoms with E-state index in [0.29, 0.717) is 18.9 Å². The van der Waals surface area contributed by atoms with Crippen molar-refractivity contribution in [3.8, 4) is 0 Å². The van der Waals surface area contributed by atoms with E-state index >= 15 is 0 Å². The van der Waals surface area contributed by atoms with Gasteiger partial charge >= 0.3 is 6.09 Å². The van der Waals surface area contributed by atoms with Crippen molar-refractivity contribution >= 4 is 12.4 Å². The number of amides is 1. The molecule has 0 bridgehead atoms. The smallest absolute Gasteiger partial charge is 0.407 e. The Balaban J connectivity index is 3.73. The first-order chi connectivity index (χ1) is 6.60. The third-order valence-corrected chi connectivity index (χ3v) is 1.61. The molecular formula is C10H19NO3. The Kier molecular flexibility index (Phi) is 6.80. The number of hydrogen-bond donors (Lipinski definition) is 1. The van der Waals surface area contributed by atoms with Crippen LogP contribution in [0.2, 0.25) is 0 Å². The lowest BCUT2D eigenvalue weighted by Crippen LogP contribution is -2.36. The van der Waals surface area contributed by atoms with Gasteiger partial charge in [0.05, 0.1) is 12.6 Å². The molecule has 0 rings (SSSR count). The summed E-state index contributed by atoms with van der Waals surface area (Å²) >= 11 is 0. The Morgan fingerprint density at radius 1 is 1.50 bits per heavy atom. The van der Waals surface area contributed by atoms with Crippen LogP contribution in [0.3, 0.4) is 0 Å². The number of carbonyl (C=O) groups excluding carboxylic acids is 2. The largest absolute Gasteiger partial charge is 0.449 e. The lowest BCUT2D eigenvalue weighted by Gasteiger charge is -2.12. The molecular weight excluding hydrogens is 182 g/mol. The van der Waals surface area contributed by atoms with Crippen molar-refractivity contribution in [1.29, 1.82) is 0 Å². The van der Waals surface area contributed by atoms with E-state index in [0.717, 1.165) is 12.7 Å². The fourth-order valence-corrected chi connectivity index (χ4v) is 0.921. The van der Waals surface area contributed by atoms with E-state index < -0.39 is 12.1 Å². The predicted octanol–water partition coefficient (Wildman–Crippen LogP) is 1.74. The minimum absolute atomic E-state index is 0.307. The molecule has 0 aromatic heterocycles. The van der Waals surface area contributed by atoms with Crippen molar-refractivity contribution in [2.24, 2.45) is 5.92 Å². The maximum Gasteiger partial charge on any atom is 0.407 e. The van der Waals surface area contributed by atoms with Crippen molar-refractivity contribution in [2.75, 3.05) is 6.61 Å². The van der Waals surface area contributed by atoms with Crippen molar-refractivity contribution < 1.29 is 14.3 Å². The van der Waals surface area contributed by atoms with Crippen LogP contribution in [-0.4, -0.2) is 25.0 Å². The van der Waals surface area contributed by atoms with Gasteiger partial charge in [-0.15, -0.1) is 0 Å². The Labute approximate surface area is 85.0 Å². The minimum Gasteiger partial charge on any atom is -0.449 e. The molecule has 0 aliphatic rings. The first kappa shape index (κ1) is 12.9. The highest BCUT2D eigenvalue weighted by molar-refractivity contribution is 5.72.